The number of piperazine rings is 1. The van der Waals surface area contributed by atoms with Gasteiger partial charge in [-0.05, 0) is 24.3 Å². The molecule has 0 spiro atoms. The largest absolute Gasteiger partial charge is 0.336 e. The van der Waals surface area contributed by atoms with Gasteiger partial charge in [0.25, 0.3) is 11.6 Å². The van der Waals surface area contributed by atoms with Crippen LogP contribution in [0.2, 0.25) is 5.02 Å². The van der Waals surface area contributed by atoms with Crippen LogP contribution in [-0.4, -0.2) is 54.6 Å². The molecular formula is C17H16ClN3O5S. The van der Waals surface area contributed by atoms with Crippen molar-refractivity contribution in [2.45, 2.75) is 4.90 Å². The molecule has 1 heterocycles. The summed E-state index contributed by atoms with van der Waals surface area (Å²) >= 11 is 5.75. The Balaban J connectivity index is 1.74. The van der Waals surface area contributed by atoms with Gasteiger partial charge in [-0.3, -0.25) is 14.9 Å². The van der Waals surface area contributed by atoms with Crippen molar-refractivity contribution >= 4 is 33.2 Å². The summed E-state index contributed by atoms with van der Waals surface area (Å²) in [6.45, 7) is 0.694. The molecule has 0 saturated carbocycles. The first-order chi connectivity index (χ1) is 12.8. The normalized spacial score (nSPS) is 15.5. The second-order valence-corrected chi connectivity index (χ2v) is 8.28. The molecule has 0 bridgehead atoms. The summed E-state index contributed by atoms with van der Waals surface area (Å²) in [6, 6.07) is 12.2. The number of carbonyl (C=O) groups is 1. The fraction of sp³-hybridized carbons (Fsp3) is 0.235. The summed E-state index contributed by atoms with van der Waals surface area (Å²) < 4.78 is 26.8. The number of nitro groups is 1. The second kappa shape index (κ2) is 7.63. The standard InChI is InChI=1S/C17H16ClN3O5S/c18-15-7-6-14(12-16(15)21(23)24)27(25,26)20-10-8-19(9-11-20)17(22)13-4-2-1-3-5-13/h1-7,12H,8-11H2. The Morgan fingerprint density at radius 2 is 1.67 bits per heavy atom. The Bertz CT molecular complexity index is 973. The van der Waals surface area contributed by atoms with Gasteiger partial charge in [0.1, 0.15) is 5.02 Å². The maximum absolute atomic E-state index is 12.8. The van der Waals surface area contributed by atoms with E-state index in [1.54, 1.807) is 29.2 Å². The van der Waals surface area contributed by atoms with E-state index >= 15 is 0 Å². The van der Waals surface area contributed by atoms with E-state index in [9.17, 15) is 23.3 Å². The number of nitrogens with zero attached hydrogens (tertiary/aromatic N) is 3. The van der Waals surface area contributed by atoms with E-state index in [4.69, 9.17) is 11.6 Å². The number of sulfonamides is 1. The summed E-state index contributed by atoms with van der Waals surface area (Å²) in [4.78, 5) is 24.1. The quantitative estimate of drug-likeness (QED) is 0.570. The highest BCUT2D eigenvalue weighted by molar-refractivity contribution is 7.89. The molecule has 0 N–H and O–H groups in total. The van der Waals surface area contributed by atoms with E-state index in [0.29, 0.717) is 5.56 Å². The van der Waals surface area contributed by atoms with Crippen LogP contribution >= 0.6 is 11.6 Å². The van der Waals surface area contributed by atoms with Crippen molar-refractivity contribution in [2.75, 3.05) is 26.2 Å². The lowest BCUT2D eigenvalue weighted by Gasteiger charge is -2.34. The molecule has 10 heteroatoms. The second-order valence-electron chi connectivity index (χ2n) is 5.93. The third kappa shape index (κ3) is 3.95. The van der Waals surface area contributed by atoms with E-state index in [2.05, 4.69) is 0 Å². The van der Waals surface area contributed by atoms with Crippen molar-refractivity contribution in [3.8, 4) is 0 Å². The van der Waals surface area contributed by atoms with E-state index in [1.165, 1.54) is 16.4 Å². The van der Waals surface area contributed by atoms with Crippen LogP contribution in [-0.2, 0) is 10.0 Å². The van der Waals surface area contributed by atoms with Crippen LogP contribution in [0.15, 0.2) is 53.4 Å². The molecule has 2 aromatic carbocycles. The van der Waals surface area contributed by atoms with Crippen LogP contribution in [0.3, 0.4) is 0 Å². The zero-order valence-electron chi connectivity index (χ0n) is 14.1. The summed E-state index contributed by atoms with van der Waals surface area (Å²) in [7, 11) is -3.92. The van der Waals surface area contributed by atoms with Gasteiger partial charge < -0.3 is 4.90 Å². The van der Waals surface area contributed by atoms with Gasteiger partial charge in [0.15, 0.2) is 0 Å². The topological polar surface area (TPSA) is 101 Å². The van der Waals surface area contributed by atoms with E-state index in [0.717, 1.165) is 6.07 Å². The fourth-order valence-corrected chi connectivity index (χ4v) is 4.47. The van der Waals surface area contributed by atoms with Gasteiger partial charge in [-0.15, -0.1) is 0 Å². The van der Waals surface area contributed by atoms with Crippen molar-refractivity contribution in [1.82, 2.24) is 9.21 Å². The molecular weight excluding hydrogens is 394 g/mol. The maximum atomic E-state index is 12.8. The van der Waals surface area contributed by atoms with Crippen molar-refractivity contribution in [2.24, 2.45) is 0 Å². The van der Waals surface area contributed by atoms with Crippen LogP contribution in [0.5, 0.6) is 0 Å². The highest BCUT2D eigenvalue weighted by atomic mass is 35.5. The molecule has 1 aliphatic heterocycles. The van der Waals surface area contributed by atoms with Gasteiger partial charge in [-0.1, -0.05) is 29.8 Å². The smallest absolute Gasteiger partial charge is 0.289 e. The van der Waals surface area contributed by atoms with Gasteiger partial charge in [-0.25, -0.2) is 8.42 Å². The highest BCUT2D eigenvalue weighted by Crippen LogP contribution is 2.29. The lowest BCUT2D eigenvalue weighted by molar-refractivity contribution is -0.384. The molecule has 1 fully saturated rings. The van der Waals surface area contributed by atoms with Gasteiger partial charge in [-0.2, -0.15) is 4.31 Å². The Morgan fingerprint density at radius 3 is 2.26 bits per heavy atom. The van der Waals surface area contributed by atoms with Gasteiger partial charge in [0.05, 0.1) is 9.82 Å². The van der Waals surface area contributed by atoms with Gasteiger partial charge in [0, 0.05) is 37.8 Å². The number of halogens is 1. The van der Waals surface area contributed by atoms with E-state index in [-0.39, 0.29) is 42.0 Å². The van der Waals surface area contributed by atoms with Gasteiger partial charge >= 0.3 is 0 Å². The van der Waals surface area contributed by atoms with E-state index < -0.39 is 20.6 Å². The Kier molecular flexibility index (Phi) is 5.45. The summed E-state index contributed by atoms with van der Waals surface area (Å²) in [5, 5.41) is 10.9. The average molecular weight is 410 g/mol. The average Bonchev–Trinajstić information content (AvgIpc) is 2.68. The van der Waals surface area contributed by atoms with Crippen LogP contribution in [0.1, 0.15) is 10.4 Å². The van der Waals surface area contributed by atoms with Crippen molar-refractivity contribution in [1.29, 1.82) is 0 Å². The molecule has 27 heavy (non-hydrogen) atoms. The lowest BCUT2D eigenvalue weighted by Crippen LogP contribution is -2.50. The molecule has 142 valence electrons. The van der Waals surface area contributed by atoms with Crippen LogP contribution < -0.4 is 0 Å². The number of hydrogen-bond acceptors (Lipinski definition) is 5. The number of hydrogen-bond donors (Lipinski definition) is 0. The Labute approximate surface area is 161 Å². The molecule has 2 aromatic rings. The molecule has 0 radical (unpaired) electrons. The molecule has 1 amide bonds. The summed E-state index contributed by atoms with van der Waals surface area (Å²) in [5.41, 5.74) is 0.0813. The molecule has 0 unspecified atom stereocenters. The number of benzene rings is 2. The summed E-state index contributed by atoms with van der Waals surface area (Å²) in [5.74, 6) is -0.158. The molecule has 3 rings (SSSR count). The zero-order valence-corrected chi connectivity index (χ0v) is 15.7. The third-order valence-electron chi connectivity index (χ3n) is 4.30. The molecule has 1 saturated heterocycles. The SMILES string of the molecule is O=C(c1ccccc1)N1CCN(S(=O)(=O)c2ccc(Cl)c([N+](=O)[O-])c2)CC1. The van der Waals surface area contributed by atoms with Crippen LogP contribution in [0.25, 0.3) is 0 Å². The first-order valence-corrected chi connectivity index (χ1v) is 9.91. The Hall–Kier alpha value is -2.49. The molecule has 8 nitrogen and oxygen atoms in total. The first-order valence-electron chi connectivity index (χ1n) is 8.09. The Morgan fingerprint density at radius 1 is 1.04 bits per heavy atom. The van der Waals surface area contributed by atoms with Crippen molar-refractivity contribution < 1.29 is 18.1 Å². The van der Waals surface area contributed by atoms with Crippen molar-refractivity contribution in [3.63, 3.8) is 0 Å². The number of amides is 1. The third-order valence-corrected chi connectivity index (χ3v) is 6.51. The molecule has 1 aliphatic rings. The highest BCUT2D eigenvalue weighted by Gasteiger charge is 2.31. The van der Waals surface area contributed by atoms with Crippen LogP contribution in [0.4, 0.5) is 5.69 Å². The minimum absolute atomic E-state index is 0.108. The molecule has 0 aliphatic carbocycles. The van der Waals surface area contributed by atoms with Crippen molar-refractivity contribution in [3.05, 3.63) is 69.2 Å². The van der Waals surface area contributed by atoms with Crippen LogP contribution in [0, 0.1) is 10.1 Å². The summed E-state index contributed by atoms with van der Waals surface area (Å²) in [6.07, 6.45) is 0. The minimum Gasteiger partial charge on any atom is -0.336 e. The fourth-order valence-electron chi connectivity index (χ4n) is 2.84. The zero-order chi connectivity index (χ0) is 19.6. The minimum atomic E-state index is -3.92. The lowest BCUT2D eigenvalue weighted by atomic mass is 10.2. The molecule has 0 atom stereocenters. The number of carbonyl (C=O) groups excluding carboxylic acids is 1. The number of rotatable bonds is 4. The maximum Gasteiger partial charge on any atom is 0.289 e. The molecule has 0 aromatic heterocycles. The van der Waals surface area contributed by atoms with Gasteiger partial charge in [0.2, 0.25) is 10.0 Å². The predicted octanol–water partition coefficient (Wildman–Crippen LogP) is 2.39. The first kappa shape index (κ1) is 19.3. The van der Waals surface area contributed by atoms with E-state index in [1.807, 2.05) is 6.07 Å². The predicted molar refractivity (Wildman–Crippen MR) is 99.2 cm³/mol. The monoisotopic (exact) mass is 409 g/mol. The number of nitro benzene ring substituents is 1.